The molecule has 0 N–H and O–H groups in total. The van der Waals surface area contributed by atoms with E-state index < -0.39 is 0 Å². The van der Waals surface area contributed by atoms with Gasteiger partial charge in [-0.1, -0.05) is 0 Å². The zero-order chi connectivity index (χ0) is 9.42. The van der Waals surface area contributed by atoms with E-state index in [1.54, 1.807) is 6.07 Å². The summed E-state index contributed by atoms with van der Waals surface area (Å²) < 4.78 is 18.2. The fourth-order valence-corrected chi connectivity index (χ4v) is 1.17. The molecule has 0 amide bonds. The lowest BCUT2D eigenvalue weighted by atomic mass is 10.2. The molecular weight excluding hydrogens is 171 g/mol. The third-order valence-corrected chi connectivity index (χ3v) is 1.89. The fourth-order valence-electron chi connectivity index (χ4n) is 1.17. The predicted octanol–water partition coefficient (Wildman–Crippen LogP) is 2.03. The zero-order valence-corrected chi connectivity index (χ0v) is 7.41. The Morgan fingerprint density at radius 1 is 1.38 bits per heavy atom. The molecule has 1 aromatic heterocycles. The van der Waals surface area contributed by atoms with E-state index in [9.17, 15) is 4.39 Å². The highest BCUT2D eigenvalue weighted by Gasteiger charge is 2.08. The van der Waals surface area contributed by atoms with Crippen molar-refractivity contribution in [1.82, 2.24) is 4.98 Å². The molecule has 0 radical (unpaired) electrons. The van der Waals surface area contributed by atoms with Crippen LogP contribution < -0.4 is 4.90 Å². The van der Waals surface area contributed by atoms with Gasteiger partial charge in [-0.15, -0.1) is 0 Å². The first kappa shape index (κ1) is 8.04. The fraction of sp³-hybridized carbons (Fsp3) is 0.222. The first-order chi connectivity index (χ1) is 6.18. The molecule has 2 aromatic rings. The Hall–Kier alpha value is -1.58. The number of benzene rings is 1. The van der Waals surface area contributed by atoms with Crippen molar-refractivity contribution in [1.29, 1.82) is 0 Å². The molecule has 0 saturated heterocycles. The Morgan fingerprint density at radius 3 is 2.85 bits per heavy atom. The van der Waals surface area contributed by atoms with E-state index in [1.807, 2.05) is 19.0 Å². The Labute approximate surface area is 74.8 Å². The maximum atomic E-state index is 13.3. The summed E-state index contributed by atoms with van der Waals surface area (Å²) >= 11 is 0. The second-order valence-corrected chi connectivity index (χ2v) is 3.02. The van der Waals surface area contributed by atoms with Crippen LogP contribution >= 0.6 is 0 Å². The molecule has 0 unspecified atom stereocenters. The van der Waals surface area contributed by atoms with Gasteiger partial charge in [0, 0.05) is 25.8 Å². The van der Waals surface area contributed by atoms with Crippen molar-refractivity contribution in [3.05, 3.63) is 24.3 Å². The van der Waals surface area contributed by atoms with Crippen molar-refractivity contribution in [2.75, 3.05) is 19.0 Å². The first-order valence-electron chi connectivity index (χ1n) is 3.88. The van der Waals surface area contributed by atoms with Crippen LogP contribution in [0.1, 0.15) is 0 Å². The molecule has 0 atom stereocenters. The minimum atomic E-state index is -0.376. The van der Waals surface area contributed by atoms with Gasteiger partial charge < -0.3 is 9.32 Å². The number of aromatic nitrogens is 1. The van der Waals surface area contributed by atoms with Crippen molar-refractivity contribution < 1.29 is 8.81 Å². The molecule has 1 heterocycles. The number of fused-ring (bicyclic) bond motifs is 1. The van der Waals surface area contributed by atoms with Crippen molar-refractivity contribution in [3.63, 3.8) is 0 Å². The molecule has 13 heavy (non-hydrogen) atoms. The van der Waals surface area contributed by atoms with Gasteiger partial charge in [0.15, 0.2) is 17.8 Å². The number of rotatable bonds is 1. The van der Waals surface area contributed by atoms with Crippen LogP contribution in [0.15, 0.2) is 22.9 Å². The summed E-state index contributed by atoms with van der Waals surface area (Å²) in [5, 5.41) is 0. The number of hydrogen-bond donors (Lipinski definition) is 0. The summed E-state index contributed by atoms with van der Waals surface area (Å²) in [6.07, 6.45) is 1.24. The van der Waals surface area contributed by atoms with Crippen LogP contribution in [0.4, 0.5) is 10.1 Å². The van der Waals surface area contributed by atoms with Crippen LogP contribution in [-0.2, 0) is 0 Å². The topological polar surface area (TPSA) is 29.3 Å². The summed E-state index contributed by atoms with van der Waals surface area (Å²) in [5.41, 5.74) is 1.54. The molecular formula is C9H9FN2O. The number of halogens is 1. The smallest absolute Gasteiger partial charge is 0.190 e. The first-order valence-corrected chi connectivity index (χ1v) is 3.88. The summed E-state index contributed by atoms with van der Waals surface area (Å²) in [6.45, 7) is 0. The van der Waals surface area contributed by atoms with Gasteiger partial charge in [-0.25, -0.2) is 9.37 Å². The summed E-state index contributed by atoms with van der Waals surface area (Å²) in [7, 11) is 3.70. The van der Waals surface area contributed by atoms with Gasteiger partial charge in [0.05, 0.1) is 0 Å². The molecule has 0 aliphatic rings. The Morgan fingerprint density at radius 2 is 2.15 bits per heavy atom. The van der Waals surface area contributed by atoms with Gasteiger partial charge in [0.2, 0.25) is 0 Å². The number of anilines is 1. The quantitative estimate of drug-likeness (QED) is 0.672. The third kappa shape index (κ3) is 1.24. The molecule has 0 bridgehead atoms. The zero-order valence-electron chi connectivity index (χ0n) is 7.41. The maximum absolute atomic E-state index is 13.3. The SMILES string of the molecule is CN(C)c1cc(F)c2ocnc2c1. The monoisotopic (exact) mass is 180 g/mol. The van der Waals surface area contributed by atoms with Crippen molar-refractivity contribution in [3.8, 4) is 0 Å². The third-order valence-electron chi connectivity index (χ3n) is 1.89. The lowest BCUT2D eigenvalue weighted by molar-refractivity contribution is 0.554. The molecule has 2 rings (SSSR count). The Balaban J connectivity index is 2.70. The number of nitrogens with zero attached hydrogens (tertiary/aromatic N) is 2. The molecule has 0 spiro atoms. The van der Waals surface area contributed by atoms with E-state index in [1.165, 1.54) is 12.5 Å². The van der Waals surface area contributed by atoms with E-state index in [2.05, 4.69) is 4.98 Å². The molecule has 3 nitrogen and oxygen atoms in total. The van der Waals surface area contributed by atoms with Gasteiger partial charge in [-0.05, 0) is 6.07 Å². The van der Waals surface area contributed by atoms with E-state index in [0.29, 0.717) is 5.52 Å². The molecule has 0 aliphatic carbocycles. The highest BCUT2D eigenvalue weighted by atomic mass is 19.1. The lowest BCUT2D eigenvalue weighted by Crippen LogP contribution is -2.08. The normalized spacial score (nSPS) is 10.7. The number of oxazole rings is 1. The second kappa shape index (κ2) is 2.73. The minimum Gasteiger partial charge on any atom is -0.440 e. The van der Waals surface area contributed by atoms with Gasteiger partial charge in [-0.3, -0.25) is 0 Å². The molecule has 0 saturated carbocycles. The lowest BCUT2D eigenvalue weighted by Gasteiger charge is -2.11. The van der Waals surface area contributed by atoms with E-state index in [4.69, 9.17) is 4.42 Å². The minimum absolute atomic E-state index is 0.214. The molecule has 0 aliphatic heterocycles. The van der Waals surface area contributed by atoms with E-state index in [-0.39, 0.29) is 11.4 Å². The summed E-state index contributed by atoms with van der Waals surface area (Å²) in [4.78, 5) is 5.71. The highest BCUT2D eigenvalue weighted by Crippen LogP contribution is 2.22. The largest absolute Gasteiger partial charge is 0.440 e. The van der Waals surface area contributed by atoms with Gasteiger partial charge in [0.25, 0.3) is 0 Å². The summed E-state index contributed by atoms with van der Waals surface area (Å²) in [5.74, 6) is -0.376. The average molecular weight is 180 g/mol. The van der Waals surface area contributed by atoms with Crippen molar-refractivity contribution >= 4 is 16.8 Å². The standard InChI is InChI=1S/C9H9FN2O/c1-12(2)6-3-7(10)9-8(4-6)11-5-13-9/h3-5H,1-2H3. The van der Waals surface area contributed by atoms with Crippen molar-refractivity contribution in [2.24, 2.45) is 0 Å². The number of hydrogen-bond acceptors (Lipinski definition) is 3. The van der Waals surface area contributed by atoms with E-state index >= 15 is 0 Å². The molecule has 0 fully saturated rings. The van der Waals surface area contributed by atoms with Crippen LogP contribution in [0.3, 0.4) is 0 Å². The van der Waals surface area contributed by atoms with Gasteiger partial charge in [-0.2, -0.15) is 0 Å². The highest BCUT2D eigenvalue weighted by molar-refractivity contribution is 5.77. The van der Waals surface area contributed by atoms with Crippen LogP contribution in [-0.4, -0.2) is 19.1 Å². The Kier molecular flexibility index (Phi) is 1.69. The van der Waals surface area contributed by atoms with Gasteiger partial charge in [0.1, 0.15) is 5.52 Å². The van der Waals surface area contributed by atoms with E-state index in [0.717, 1.165) is 5.69 Å². The van der Waals surface area contributed by atoms with Crippen LogP contribution in [0.2, 0.25) is 0 Å². The van der Waals surface area contributed by atoms with Gasteiger partial charge >= 0.3 is 0 Å². The molecule has 4 heteroatoms. The van der Waals surface area contributed by atoms with Crippen LogP contribution in [0.5, 0.6) is 0 Å². The average Bonchev–Trinajstić information content (AvgIpc) is 2.51. The van der Waals surface area contributed by atoms with Crippen LogP contribution in [0, 0.1) is 5.82 Å². The second-order valence-electron chi connectivity index (χ2n) is 3.02. The molecule has 1 aromatic carbocycles. The summed E-state index contributed by atoms with van der Waals surface area (Å²) in [6, 6.07) is 3.20. The predicted molar refractivity (Wildman–Crippen MR) is 48.3 cm³/mol. The maximum Gasteiger partial charge on any atom is 0.190 e. The van der Waals surface area contributed by atoms with Crippen LogP contribution in [0.25, 0.3) is 11.1 Å². The molecule has 68 valence electrons. The van der Waals surface area contributed by atoms with Crippen molar-refractivity contribution in [2.45, 2.75) is 0 Å². The Bertz CT molecular complexity index is 436.